The van der Waals surface area contributed by atoms with Gasteiger partial charge in [-0.25, -0.2) is 18.8 Å². The molecule has 158 valence electrons. The number of nitrogens with zero attached hydrogens (tertiary/aromatic N) is 5. The van der Waals surface area contributed by atoms with Gasteiger partial charge in [0.1, 0.15) is 29.2 Å². The van der Waals surface area contributed by atoms with Crippen LogP contribution in [0.25, 0.3) is 0 Å². The minimum atomic E-state index is -0.461. The Bertz CT molecular complexity index is 1090. The van der Waals surface area contributed by atoms with Gasteiger partial charge in [0, 0.05) is 24.5 Å². The summed E-state index contributed by atoms with van der Waals surface area (Å²) in [6, 6.07) is 7.93. The van der Waals surface area contributed by atoms with Gasteiger partial charge in [0.2, 0.25) is 0 Å². The highest BCUT2D eigenvalue weighted by Crippen LogP contribution is 2.35. The fourth-order valence-electron chi connectivity index (χ4n) is 4.18. The normalized spacial score (nSPS) is 24.3. The summed E-state index contributed by atoms with van der Waals surface area (Å²) in [6.45, 7) is 0.683. The quantitative estimate of drug-likeness (QED) is 0.826. The second-order valence-corrected chi connectivity index (χ2v) is 7.59. The van der Waals surface area contributed by atoms with Gasteiger partial charge < -0.3 is 10.2 Å². The second-order valence-electron chi connectivity index (χ2n) is 7.59. The summed E-state index contributed by atoms with van der Waals surface area (Å²) in [5, 5.41) is 8.87. The number of amidine groups is 1. The molecule has 31 heavy (non-hydrogen) atoms. The van der Waals surface area contributed by atoms with E-state index in [0.29, 0.717) is 30.1 Å². The van der Waals surface area contributed by atoms with Gasteiger partial charge in [-0.2, -0.15) is 5.10 Å². The number of nitrogens with one attached hydrogen (secondary N) is 1. The second kappa shape index (κ2) is 7.90. The summed E-state index contributed by atoms with van der Waals surface area (Å²) in [7, 11) is 0. The average Bonchev–Trinajstić information content (AvgIpc) is 3.43. The van der Waals surface area contributed by atoms with Crippen LogP contribution < -0.4 is 5.32 Å². The number of aliphatic imine (C=N–C) groups is 1. The van der Waals surface area contributed by atoms with Gasteiger partial charge in [-0.1, -0.05) is 6.07 Å². The van der Waals surface area contributed by atoms with Crippen LogP contribution >= 0.6 is 0 Å². The van der Waals surface area contributed by atoms with E-state index >= 15 is 0 Å². The lowest BCUT2D eigenvalue weighted by Crippen LogP contribution is -2.47. The molecule has 2 unspecified atom stereocenters. The zero-order valence-electron chi connectivity index (χ0n) is 16.5. The third-order valence-corrected chi connectivity index (χ3v) is 5.65. The first-order valence-corrected chi connectivity index (χ1v) is 10.1. The van der Waals surface area contributed by atoms with E-state index in [-0.39, 0.29) is 11.9 Å². The van der Waals surface area contributed by atoms with E-state index in [2.05, 4.69) is 15.4 Å². The zero-order chi connectivity index (χ0) is 21.4. The average molecular weight is 422 g/mol. The van der Waals surface area contributed by atoms with Crippen molar-refractivity contribution in [3.63, 3.8) is 0 Å². The minimum Gasteiger partial charge on any atom is -0.350 e. The number of hydrazone groups is 1. The van der Waals surface area contributed by atoms with Crippen molar-refractivity contribution in [2.75, 3.05) is 6.54 Å². The molecular formula is C22H20F2N6O. The number of hydrogen-bond acceptors (Lipinski definition) is 6. The van der Waals surface area contributed by atoms with Gasteiger partial charge in [-0.05, 0) is 49.2 Å². The molecule has 3 aliphatic rings. The maximum absolute atomic E-state index is 14.4. The van der Waals surface area contributed by atoms with Crippen LogP contribution in [0.4, 0.5) is 8.78 Å². The number of halogens is 2. The van der Waals surface area contributed by atoms with Crippen LogP contribution in [0.15, 0.2) is 65.0 Å². The van der Waals surface area contributed by atoms with Crippen molar-refractivity contribution in [2.24, 2.45) is 10.1 Å². The van der Waals surface area contributed by atoms with Crippen molar-refractivity contribution >= 4 is 18.0 Å². The highest BCUT2D eigenvalue weighted by atomic mass is 19.1. The molecule has 4 heterocycles. The monoisotopic (exact) mass is 422 g/mol. The summed E-state index contributed by atoms with van der Waals surface area (Å²) >= 11 is 0. The van der Waals surface area contributed by atoms with Gasteiger partial charge in [-0.3, -0.25) is 9.78 Å². The number of benzene rings is 1. The number of fused-ring (bicyclic) bond motifs is 1. The summed E-state index contributed by atoms with van der Waals surface area (Å²) in [6.07, 6.45) is 7.89. The number of hydrogen-bond donors (Lipinski definition) is 1. The van der Waals surface area contributed by atoms with Crippen molar-refractivity contribution in [1.82, 2.24) is 20.2 Å². The van der Waals surface area contributed by atoms with Crippen molar-refractivity contribution in [3.8, 4) is 0 Å². The SMILES string of the molecule is O=C(NC1C=NN2C=CC(N3CCC[C@@H]3c3cc(F)ccc3F)=NC12)c1ccccn1. The van der Waals surface area contributed by atoms with E-state index < -0.39 is 23.8 Å². The first-order valence-electron chi connectivity index (χ1n) is 10.1. The lowest BCUT2D eigenvalue weighted by molar-refractivity contribution is 0.0931. The van der Waals surface area contributed by atoms with E-state index in [9.17, 15) is 13.6 Å². The van der Waals surface area contributed by atoms with Crippen LogP contribution in [0.1, 0.15) is 34.9 Å². The molecule has 2 aromatic rings. The first kappa shape index (κ1) is 19.3. The fraction of sp³-hybridized carbons (Fsp3) is 0.273. The Hall–Kier alpha value is -3.62. The predicted octanol–water partition coefficient (Wildman–Crippen LogP) is 2.85. The van der Waals surface area contributed by atoms with E-state index in [1.807, 2.05) is 11.0 Å². The maximum Gasteiger partial charge on any atom is 0.270 e. The Labute approximate surface area is 177 Å². The molecule has 0 radical (unpaired) electrons. The summed E-state index contributed by atoms with van der Waals surface area (Å²) < 4.78 is 28.2. The van der Waals surface area contributed by atoms with E-state index in [0.717, 1.165) is 18.6 Å². The van der Waals surface area contributed by atoms with Crippen LogP contribution in [0.2, 0.25) is 0 Å². The standard InChI is InChI=1S/C22H20F2N6O/c23-14-6-7-16(24)15(12-14)19-5-3-10-29(19)20-8-11-30-21(28-20)18(13-26-30)27-22(31)17-4-1-2-9-25-17/h1-2,4,6-9,11-13,18-19,21H,3,5,10H2,(H,27,31)/t18?,19-,21?/m1/s1. The molecule has 7 nitrogen and oxygen atoms in total. The topological polar surface area (TPSA) is 73.2 Å². The molecule has 0 saturated carbocycles. The van der Waals surface area contributed by atoms with Gasteiger partial charge in [0.25, 0.3) is 5.91 Å². The third-order valence-electron chi connectivity index (χ3n) is 5.65. The summed E-state index contributed by atoms with van der Waals surface area (Å²) in [5.41, 5.74) is 0.643. The molecule has 1 N–H and O–H groups in total. The van der Waals surface area contributed by atoms with E-state index in [1.165, 1.54) is 6.07 Å². The maximum atomic E-state index is 14.4. The molecule has 1 amide bonds. The minimum absolute atomic E-state index is 0.297. The third kappa shape index (κ3) is 3.67. The molecular weight excluding hydrogens is 402 g/mol. The largest absolute Gasteiger partial charge is 0.350 e. The number of pyridine rings is 1. The molecule has 1 aromatic heterocycles. The van der Waals surface area contributed by atoms with Crippen LogP contribution in [0.3, 0.4) is 0 Å². The molecule has 9 heteroatoms. The number of rotatable bonds is 3. The summed E-state index contributed by atoms with van der Waals surface area (Å²) in [5.74, 6) is -0.539. The molecule has 5 rings (SSSR count). The molecule has 0 spiro atoms. The number of amides is 1. The number of aromatic nitrogens is 1. The number of carbonyl (C=O) groups excluding carboxylic acids is 1. The molecule has 0 bridgehead atoms. The van der Waals surface area contributed by atoms with Gasteiger partial charge >= 0.3 is 0 Å². The number of likely N-dealkylation sites (tertiary alicyclic amines) is 1. The van der Waals surface area contributed by atoms with E-state index in [1.54, 1.807) is 41.8 Å². The molecule has 3 atom stereocenters. The zero-order valence-corrected chi connectivity index (χ0v) is 16.5. The van der Waals surface area contributed by atoms with Crippen molar-refractivity contribution in [2.45, 2.75) is 31.1 Å². The lowest BCUT2D eigenvalue weighted by Gasteiger charge is -2.32. The molecule has 3 aliphatic heterocycles. The van der Waals surface area contributed by atoms with Crippen LogP contribution in [-0.2, 0) is 0 Å². The van der Waals surface area contributed by atoms with E-state index in [4.69, 9.17) is 4.99 Å². The Kier molecular flexibility index (Phi) is 4.93. The Morgan fingerprint density at radius 3 is 2.94 bits per heavy atom. The predicted molar refractivity (Wildman–Crippen MR) is 111 cm³/mol. The highest BCUT2D eigenvalue weighted by Gasteiger charge is 2.36. The van der Waals surface area contributed by atoms with Gasteiger partial charge in [0.05, 0.1) is 12.3 Å². The van der Waals surface area contributed by atoms with Gasteiger partial charge in [-0.15, -0.1) is 0 Å². The van der Waals surface area contributed by atoms with Crippen molar-refractivity contribution in [3.05, 3.63) is 77.8 Å². The smallest absolute Gasteiger partial charge is 0.270 e. The van der Waals surface area contributed by atoms with Crippen molar-refractivity contribution in [1.29, 1.82) is 0 Å². The summed E-state index contributed by atoms with van der Waals surface area (Å²) in [4.78, 5) is 23.4. The Morgan fingerprint density at radius 1 is 1.19 bits per heavy atom. The van der Waals surface area contributed by atoms with Crippen LogP contribution in [-0.4, -0.2) is 51.6 Å². The first-order chi connectivity index (χ1) is 15.1. The molecule has 1 fully saturated rings. The molecule has 1 saturated heterocycles. The lowest BCUT2D eigenvalue weighted by atomic mass is 10.0. The highest BCUT2D eigenvalue weighted by molar-refractivity contribution is 5.96. The van der Waals surface area contributed by atoms with Gasteiger partial charge in [0.15, 0.2) is 6.17 Å². The Balaban J connectivity index is 1.37. The van der Waals surface area contributed by atoms with Crippen LogP contribution in [0, 0.1) is 11.6 Å². The molecule has 0 aliphatic carbocycles. The van der Waals surface area contributed by atoms with Crippen molar-refractivity contribution < 1.29 is 13.6 Å². The Morgan fingerprint density at radius 2 is 2.10 bits per heavy atom. The molecule has 1 aromatic carbocycles. The fourth-order valence-corrected chi connectivity index (χ4v) is 4.18. The number of carbonyl (C=O) groups is 1. The van der Waals surface area contributed by atoms with Crippen LogP contribution in [0.5, 0.6) is 0 Å².